The zero-order valence-electron chi connectivity index (χ0n) is 9.79. The van der Waals surface area contributed by atoms with Crippen molar-refractivity contribution >= 4 is 11.6 Å². The van der Waals surface area contributed by atoms with Crippen LogP contribution in [-0.2, 0) is 4.79 Å². The van der Waals surface area contributed by atoms with Gasteiger partial charge in [-0.05, 0) is 37.1 Å². The van der Waals surface area contributed by atoms with E-state index in [0.29, 0.717) is 13.0 Å². The van der Waals surface area contributed by atoms with Crippen molar-refractivity contribution in [3.05, 3.63) is 30.1 Å². The summed E-state index contributed by atoms with van der Waals surface area (Å²) in [5, 5.41) is 3.11. The molecule has 1 heterocycles. The third kappa shape index (κ3) is 3.44. The molecule has 1 amide bonds. The van der Waals surface area contributed by atoms with E-state index in [4.69, 9.17) is 0 Å². The van der Waals surface area contributed by atoms with Crippen molar-refractivity contribution < 1.29 is 9.18 Å². The monoisotopic (exact) mass is 236 g/mol. The lowest BCUT2D eigenvalue weighted by Crippen LogP contribution is -2.29. The van der Waals surface area contributed by atoms with Gasteiger partial charge in [0.05, 0.1) is 0 Å². The number of amides is 1. The van der Waals surface area contributed by atoms with Gasteiger partial charge in [0.25, 0.3) is 0 Å². The Morgan fingerprint density at radius 1 is 1.24 bits per heavy atom. The van der Waals surface area contributed by atoms with Crippen molar-refractivity contribution in [3.8, 4) is 0 Å². The maximum Gasteiger partial charge on any atom is 0.224 e. The van der Waals surface area contributed by atoms with E-state index in [-0.39, 0.29) is 11.7 Å². The summed E-state index contributed by atoms with van der Waals surface area (Å²) in [5.41, 5.74) is 0.848. The van der Waals surface area contributed by atoms with Crippen LogP contribution in [0.4, 0.5) is 10.1 Å². The van der Waals surface area contributed by atoms with E-state index in [9.17, 15) is 9.18 Å². The van der Waals surface area contributed by atoms with E-state index in [1.807, 2.05) is 4.90 Å². The molecule has 1 aliphatic rings. The minimum atomic E-state index is -0.247. The SMILES string of the molecule is O=C(CCNc1ccc(F)cc1)N1CCCC1. The van der Waals surface area contributed by atoms with E-state index >= 15 is 0 Å². The molecule has 0 saturated carbocycles. The Labute approximate surface area is 101 Å². The number of likely N-dealkylation sites (tertiary alicyclic amines) is 1. The first kappa shape index (κ1) is 11.9. The zero-order chi connectivity index (χ0) is 12.1. The van der Waals surface area contributed by atoms with Crippen LogP contribution in [0.25, 0.3) is 0 Å². The number of anilines is 1. The summed E-state index contributed by atoms with van der Waals surface area (Å²) in [5.74, 6) is -0.0409. The van der Waals surface area contributed by atoms with Gasteiger partial charge in [-0.1, -0.05) is 0 Å². The lowest BCUT2D eigenvalue weighted by molar-refractivity contribution is -0.129. The zero-order valence-corrected chi connectivity index (χ0v) is 9.79. The molecule has 1 fully saturated rings. The second kappa shape index (κ2) is 5.66. The summed E-state index contributed by atoms with van der Waals surface area (Å²) in [6.07, 6.45) is 2.74. The molecular formula is C13H17FN2O. The second-order valence-corrected chi connectivity index (χ2v) is 4.27. The number of nitrogens with one attached hydrogen (secondary N) is 1. The predicted octanol–water partition coefficient (Wildman–Crippen LogP) is 2.25. The molecular weight excluding hydrogens is 219 g/mol. The van der Waals surface area contributed by atoms with E-state index in [1.165, 1.54) is 12.1 Å². The van der Waals surface area contributed by atoms with Crippen LogP contribution in [0.1, 0.15) is 19.3 Å². The van der Waals surface area contributed by atoms with Gasteiger partial charge in [0.15, 0.2) is 0 Å². The number of rotatable bonds is 4. The average molecular weight is 236 g/mol. The molecule has 0 aromatic heterocycles. The Morgan fingerprint density at radius 2 is 1.88 bits per heavy atom. The largest absolute Gasteiger partial charge is 0.385 e. The van der Waals surface area contributed by atoms with Gasteiger partial charge in [-0.2, -0.15) is 0 Å². The van der Waals surface area contributed by atoms with Crippen molar-refractivity contribution in [1.82, 2.24) is 4.90 Å². The van der Waals surface area contributed by atoms with Crippen molar-refractivity contribution in [2.24, 2.45) is 0 Å². The molecule has 17 heavy (non-hydrogen) atoms. The van der Waals surface area contributed by atoms with Crippen molar-refractivity contribution in [3.63, 3.8) is 0 Å². The van der Waals surface area contributed by atoms with Crippen LogP contribution in [0.2, 0.25) is 0 Å². The van der Waals surface area contributed by atoms with E-state index in [2.05, 4.69) is 5.32 Å². The Kier molecular flexibility index (Phi) is 3.96. The fourth-order valence-corrected chi connectivity index (χ4v) is 2.01. The predicted molar refractivity (Wildman–Crippen MR) is 65.3 cm³/mol. The summed E-state index contributed by atoms with van der Waals surface area (Å²) in [6.45, 7) is 2.39. The first-order valence-electron chi connectivity index (χ1n) is 6.03. The van der Waals surface area contributed by atoms with Crippen LogP contribution in [-0.4, -0.2) is 30.4 Å². The number of hydrogen-bond donors (Lipinski definition) is 1. The minimum absolute atomic E-state index is 0.206. The van der Waals surface area contributed by atoms with Gasteiger partial charge in [0, 0.05) is 31.7 Å². The first-order chi connectivity index (χ1) is 8.25. The summed E-state index contributed by atoms with van der Waals surface area (Å²) < 4.78 is 12.7. The molecule has 1 saturated heterocycles. The number of carbonyl (C=O) groups excluding carboxylic acids is 1. The Hall–Kier alpha value is -1.58. The summed E-state index contributed by atoms with van der Waals surface area (Å²) in [6, 6.07) is 6.17. The maximum absolute atomic E-state index is 12.7. The van der Waals surface area contributed by atoms with Gasteiger partial charge < -0.3 is 10.2 Å². The fourth-order valence-electron chi connectivity index (χ4n) is 2.01. The molecule has 92 valence electrons. The van der Waals surface area contributed by atoms with E-state index in [1.54, 1.807) is 12.1 Å². The lowest BCUT2D eigenvalue weighted by atomic mass is 10.3. The minimum Gasteiger partial charge on any atom is -0.385 e. The molecule has 3 nitrogen and oxygen atoms in total. The smallest absolute Gasteiger partial charge is 0.224 e. The molecule has 0 radical (unpaired) electrons. The normalized spacial score (nSPS) is 15.0. The van der Waals surface area contributed by atoms with Gasteiger partial charge in [-0.3, -0.25) is 4.79 Å². The molecule has 0 atom stereocenters. The van der Waals surface area contributed by atoms with Crippen LogP contribution < -0.4 is 5.32 Å². The van der Waals surface area contributed by atoms with Crippen molar-refractivity contribution in [2.75, 3.05) is 25.0 Å². The van der Waals surface area contributed by atoms with Crippen molar-refractivity contribution in [2.45, 2.75) is 19.3 Å². The fraction of sp³-hybridized carbons (Fsp3) is 0.462. The lowest BCUT2D eigenvalue weighted by Gasteiger charge is -2.15. The number of hydrogen-bond acceptors (Lipinski definition) is 2. The molecule has 1 aromatic carbocycles. The van der Waals surface area contributed by atoms with Gasteiger partial charge in [-0.25, -0.2) is 4.39 Å². The van der Waals surface area contributed by atoms with Crippen LogP contribution in [0, 0.1) is 5.82 Å². The summed E-state index contributed by atoms with van der Waals surface area (Å²) >= 11 is 0. The van der Waals surface area contributed by atoms with E-state index in [0.717, 1.165) is 31.6 Å². The summed E-state index contributed by atoms with van der Waals surface area (Å²) in [4.78, 5) is 13.6. The van der Waals surface area contributed by atoms with Gasteiger partial charge in [0.1, 0.15) is 5.82 Å². The highest BCUT2D eigenvalue weighted by Crippen LogP contribution is 2.10. The molecule has 0 unspecified atom stereocenters. The van der Waals surface area contributed by atoms with Crippen LogP contribution in [0.15, 0.2) is 24.3 Å². The molecule has 2 rings (SSSR count). The third-order valence-corrected chi connectivity index (χ3v) is 2.97. The third-order valence-electron chi connectivity index (χ3n) is 2.97. The Bertz CT molecular complexity index is 372. The number of carbonyl (C=O) groups is 1. The topological polar surface area (TPSA) is 32.3 Å². The maximum atomic E-state index is 12.7. The first-order valence-corrected chi connectivity index (χ1v) is 6.03. The highest BCUT2D eigenvalue weighted by Gasteiger charge is 2.16. The molecule has 0 bridgehead atoms. The Morgan fingerprint density at radius 3 is 2.53 bits per heavy atom. The van der Waals surface area contributed by atoms with Gasteiger partial charge in [-0.15, -0.1) is 0 Å². The molecule has 1 aliphatic heterocycles. The second-order valence-electron chi connectivity index (χ2n) is 4.27. The molecule has 1 aromatic rings. The standard InChI is InChI=1S/C13H17FN2O/c14-11-3-5-12(6-4-11)15-8-7-13(17)16-9-1-2-10-16/h3-6,15H,1-2,7-10H2. The average Bonchev–Trinajstić information content (AvgIpc) is 2.85. The molecule has 1 N–H and O–H groups in total. The van der Waals surface area contributed by atoms with Crippen LogP contribution >= 0.6 is 0 Å². The molecule has 0 spiro atoms. The molecule has 4 heteroatoms. The summed E-state index contributed by atoms with van der Waals surface area (Å²) in [7, 11) is 0. The number of nitrogens with zero attached hydrogens (tertiary/aromatic N) is 1. The van der Waals surface area contributed by atoms with Gasteiger partial charge >= 0.3 is 0 Å². The van der Waals surface area contributed by atoms with Crippen molar-refractivity contribution in [1.29, 1.82) is 0 Å². The number of benzene rings is 1. The van der Waals surface area contributed by atoms with Crippen LogP contribution in [0.5, 0.6) is 0 Å². The highest BCUT2D eigenvalue weighted by atomic mass is 19.1. The van der Waals surface area contributed by atoms with Crippen LogP contribution in [0.3, 0.4) is 0 Å². The quantitative estimate of drug-likeness (QED) is 0.869. The van der Waals surface area contributed by atoms with Gasteiger partial charge in [0.2, 0.25) is 5.91 Å². The number of halogens is 1. The molecule has 0 aliphatic carbocycles. The van der Waals surface area contributed by atoms with E-state index < -0.39 is 0 Å². The Balaban J connectivity index is 1.72. The highest BCUT2D eigenvalue weighted by molar-refractivity contribution is 5.76.